The number of hydrogen-bond donors (Lipinski definition) is 1. The Morgan fingerprint density at radius 2 is 1.69 bits per heavy atom. The smallest absolute Gasteiger partial charge is 0.247 e. The lowest BCUT2D eigenvalue weighted by Crippen LogP contribution is -2.45. The Kier molecular flexibility index (Phi) is 5.65. The van der Waals surface area contributed by atoms with Gasteiger partial charge in [-0.15, -0.1) is 0 Å². The van der Waals surface area contributed by atoms with Crippen LogP contribution in [-0.2, 0) is 14.8 Å². The summed E-state index contributed by atoms with van der Waals surface area (Å²) in [6.45, 7) is 5.15. The van der Waals surface area contributed by atoms with Gasteiger partial charge in [-0.2, -0.15) is 0 Å². The molecule has 0 saturated carbocycles. The van der Waals surface area contributed by atoms with Crippen molar-refractivity contribution in [3.63, 3.8) is 0 Å². The minimum absolute atomic E-state index is 0.0364. The van der Waals surface area contributed by atoms with E-state index >= 15 is 0 Å². The highest BCUT2D eigenvalue weighted by Gasteiger charge is 2.29. The zero-order chi connectivity index (χ0) is 19.6. The third kappa shape index (κ3) is 4.37. The molecular weight excluding hydrogens is 362 g/mol. The van der Waals surface area contributed by atoms with Crippen LogP contribution in [0.1, 0.15) is 18.1 Å². The van der Waals surface area contributed by atoms with Crippen molar-refractivity contribution in [1.82, 2.24) is 0 Å². The van der Waals surface area contributed by atoms with Crippen molar-refractivity contribution in [3.05, 3.63) is 59.2 Å². The number of nitrogens with one attached hydrogen (secondary N) is 1. The summed E-state index contributed by atoms with van der Waals surface area (Å²) in [6.07, 6.45) is 1.00. The molecule has 2 aromatic carbocycles. The molecule has 0 saturated heterocycles. The average molecular weight is 382 g/mol. The second kappa shape index (κ2) is 7.41. The van der Waals surface area contributed by atoms with Crippen LogP contribution in [0.25, 0.3) is 0 Å². The summed E-state index contributed by atoms with van der Waals surface area (Å²) in [5, 5.41) is 2.41. The molecule has 140 valence electrons. The Morgan fingerprint density at radius 1 is 1.04 bits per heavy atom. The number of benzene rings is 2. The number of aryl methyl sites for hydroxylation is 2. The Hall–Kier alpha value is -2.48. The molecule has 2 rings (SSSR count). The highest BCUT2D eigenvalue weighted by atomic mass is 32.2. The number of nitrogens with zero attached hydrogens (tertiary/aromatic N) is 1. The van der Waals surface area contributed by atoms with E-state index in [9.17, 15) is 22.0 Å². The summed E-state index contributed by atoms with van der Waals surface area (Å²) in [6, 6.07) is 6.88. The normalized spacial score (nSPS) is 12.5. The van der Waals surface area contributed by atoms with Gasteiger partial charge in [-0.25, -0.2) is 17.2 Å². The van der Waals surface area contributed by atoms with Gasteiger partial charge in [0.2, 0.25) is 15.9 Å². The molecule has 8 heteroatoms. The fraction of sp³-hybridized carbons (Fsp3) is 0.278. The van der Waals surface area contributed by atoms with Crippen LogP contribution in [0.2, 0.25) is 0 Å². The van der Waals surface area contributed by atoms with E-state index in [1.54, 1.807) is 18.2 Å². The lowest BCUT2D eigenvalue weighted by atomic mass is 10.1. The highest BCUT2D eigenvalue weighted by molar-refractivity contribution is 7.92. The van der Waals surface area contributed by atoms with Gasteiger partial charge in [-0.1, -0.05) is 6.07 Å². The fourth-order valence-corrected chi connectivity index (χ4v) is 3.66. The van der Waals surface area contributed by atoms with E-state index in [-0.39, 0.29) is 5.69 Å². The van der Waals surface area contributed by atoms with Gasteiger partial charge >= 0.3 is 0 Å². The minimum atomic E-state index is -3.76. The number of halogens is 2. The zero-order valence-corrected chi connectivity index (χ0v) is 15.7. The number of anilines is 2. The molecule has 0 aromatic heterocycles. The summed E-state index contributed by atoms with van der Waals surface area (Å²) in [5.41, 5.74) is 2.25. The summed E-state index contributed by atoms with van der Waals surface area (Å²) in [5.74, 6) is -2.81. The molecule has 0 bridgehead atoms. The highest BCUT2D eigenvalue weighted by Crippen LogP contribution is 2.24. The van der Waals surface area contributed by atoms with Crippen LogP contribution in [0.15, 0.2) is 36.4 Å². The lowest BCUT2D eigenvalue weighted by molar-refractivity contribution is -0.116. The van der Waals surface area contributed by atoms with Crippen LogP contribution < -0.4 is 9.62 Å². The molecule has 0 radical (unpaired) electrons. The van der Waals surface area contributed by atoms with Crippen LogP contribution in [0, 0.1) is 25.5 Å². The quantitative estimate of drug-likeness (QED) is 0.862. The maximum absolute atomic E-state index is 13.3. The molecule has 0 aliphatic heterocycles. The Morgan fingerprint density at radius 3 is 2.23 bits per heavy atom. The van der Waals surface area contributed by atoms with Crippen molar-refractivity contribution in [2.45, 2.75) is 26.8 Å². The first-order valence-corrected chi connectivity index (χ1v) is 9.68. The van der Waals surface area contributed by atoms with Gasteiger partial charge in [-0.05, 0) is 56.2 Å². The molecule has 0 aliphatic carbocycles. The van der Waals surface area contributed by atoms with E-state index < -0.39 is 33.6 Å². The monoisotopic (exact) mass is 382 g/mol. The first-order chi connectivity index (χ1) is 12.0. The largest absolute Gasteiger partial charge is 0.324 e. The molecule has 26 heavy (non-hydrogen) atoms. The second-order valence-corrected chi connectivity index (χ2v) is 7.98. The molecule has 0 heterocycles. The number of rotatable bonds is 5. The summed E-state index contributed by atoms with van der Waals surface area (Å²) in [7, 11) is -3.76. The van der Waals surface area contributed by atoms with Crippen LogP contribution in [0.5, 0.6) is 0 Å². The molecule has 1 atom stereocenters. The van der Waals surface area contributed by atoms with E-state index in [1.165, 1.54) is 13.0 Å². The van der Waals surface area contributed by atoms with Crippen molar-refractivity contribution in [1.29, 1.82) is 0 Å². The zero-order valence-electron chi connectivity index (χ0n) is 14.9. The van der Waals surface area contributed by atoms with E-state index in [0.29, 0.717) is 5.69 Å². The third-order valence-corrected chi connectivity index (χ3v) is 5.26. The van der Waals surface area contributed by atoms with Crippen LogP contribution in [0.3, 0.4) is 0 Å². The Balaban J connectivity index is 2.34. The van der Waals surface area contributed by atoms with Crippen LogP contribution >= 0.6 is 0 Å². The van der Waals surface area contributed by atoms with Gasteiger partial charge in [0.15, 0.2) is 11.6 Å². The Labute approximate surface area is 151 Å². The number of carbonyl (C=O) groups is 1. The number of carbonyl (C=O) groups excluding carboxylic acids is 1. The Bertz CT molecular complexity index is 945. The maximum atomic E-state index is 13.3. The molecule has 0 aliphatic rings. The summed E-state index contributed by atoms with van der Waals surface area (Å²) in [4.78, 5) is 12.5. The fourth-order valence-electron chi connectivity index (χ4n) is 2.49. The SMILES string of the molecule is Cc1ccc(N([C@@H](C)C(=O)Nc2ccc(F)c(F)c2)S(C)(=O)=O)cc1C. The van der Waals surface area contributed by atoms with Gasteiger partial charge in [0.05, 0.1) is 11.9 Å². The van der Waals surface area contributed by atoms with E-state index in [0.717, 1.165) is 33.8 Å². The van der Waals surface area contributed by atoms with E-state index in [2.05, 4.69) is 5.32 Å². The van der Waals surface area contributed by atoms with Crippen molar-refractivity contribution in [2.24, 2.45) is 0 Å². The van der Waals surface area contributed by atoms with E-state index in [4.69, 9.17) is 0 Å². The van der Waals surface area contributed by atoms with Crippen molar-refractivity contribution in [2.75, 3.05) is 15.9 Å². The van der Waals surface area contributed by atoms with Gasteiger partial charge < -0.3 is 5.32 Å². The van der Waals surface area contributed by atoms with Gasteiger partial charge in [0.1, 0.15) is 6.04 Å². The molecule has 5 nitrogen and oxygen atoms in total. The standard InChI is InChI=1S/C18H20F2N2O3S/c1-11-5-7-15(9-12(11)2)22(26(4,24)25)13(3)18(23)21-14-6-8-16(19)17(20)10-14/h5-10,13H,1-4H3,(H,21,23)/t13-/m0/s1. The molecule has 0 fully saturated rings. The molecule has 0 spiro atoms. The molecule has 0 unspecified atom stereocenters. The van der Waals surface area contributed by atoms with Gasteiger partial charge in [0, 0.05) is 11.8 Å². The number of hydrogen-bond acceptors (Lipinski definition) is 3. The maximum Gasteiger partial charge on any atom is 0.247 e. The minimum Gasteiger partial charge on any atom is -0.324 e. The third-order valence-electron chi connectivity index (χ3n) is 4.02. The predicted octanol–water partition coefficient (Wildman–Crippen LogP) is 3.37. The van der Waals surface area contributed by atoms with Crippen LogP contribution in [0.4, 0.5) is 20.2 Å². The first kappa shape index (κ1) is 19.8. The summed E-state index contributed by atoms with van der Waals surface area (Å²) >= 11 is 0. The molecule has 1 amide bonds. The van der Waals surface area contributed by atoms with Crippen molar-refractivity contribution >= 4 is 27.3 Å². The molecular formula is C18H20F2N2O3S. The number of amides is 1. The average Bonchev–Trinajstić information content (AvgIpc) is 2.53. The molecule has 2 aromatic rings. The van der Waals surface area contributed by atoms with Crippen molar-refractivity contribution in [3.8, 4) is 0 Å². The number of sulfonamides is 1. The molecule has 1 N–H and O–H groups in total. The van der Waals surface area contributed by atoms with Gasteiger partial charge in [0.25, 0.3) is 0 Å². The van der Waals surface area contributed by atoms with Crippen molar-refractivity contribution < 1.29 is 22.0 Å². The van der Waals surface area contributed by atoms with Gasteiger partial charge in [-0.3, -0.25) is 9.10 Å². The second-order valence-electron chi connectivity index (χ2n) is 6.12. The van der Waals surface area contributed by atoms with E-state index in [1.807, 2.05) is 13.8 Å². The van der Waals surface area contributed by atoms with Crippen LogP contribution in [-0.4, -0.2) is 26.6 Å². The topological polar surface area (TPSA) is 66.5 Å². The predicted molar refractivity (Wildman–Crippen MR) is 97.7 cm³/mol. The first-order valence-electron chi connectivity index (χ1n) is 7.83. The lowest BCUT2D eigenvalue weighted by Gasteiger charge is -2.28. The summed E-state index contributed by atoms with van der Waals surface area (Å²) < 4.78 is 51.8.